The summed E-state index contributed by atoms with van der Waals surface area (Å²) in [5, 5.41) is 7.54. The molecule has 174 valence electrons. The van der Waals surface area contributed by atoms with Crippen molar-refractivity contribution >= 4 is 11.6 Å². The molecule has 7 nitrogen and oxygen atoms in total. The van der Waals surface area contributed by atoms with Gasteiger partial charge in [0.05, 0.1) is 12.3 Å². The molecule has 1 N–H and O–H groups in total. The zero-order chi connectivity index (χ0) is 23.9. The summed E-state index contributed by atoms with van der Waals surface area (Å²) in [5.41, 5.74) is 5.18. The van der Waals surface area contributed by atoms with E-state index in [0.717, 1.165) is 22.4 Å². The molecule has 0 fully saturated rings. The molecule has 0 aliphatic carbocycles. The molecule has 7 heteroatoms. The van der Waals surface area contributed by atoms with Crippen LogP contribution in [-0.4, -0.2) is 40.5 Å². The number of benzene rings is 3. The van der Waals surface area contributed by atoms with Crippen molar-refractivity contribution in [2.75, 3.05) is 25.1 Å². The first-order chi connectivity index (χ1) is 16.5. The molecule has 0 saturated heterocycles. The minimum absolute atomic E-state index is 0.172. The fourth-order valence-corrected chi connectivity index (χ4v) is 3.38. The highest BCUT2D eigenvalue weighted by Crippen LogP contribution is 2.25. The van der Waals surface area contributed by atoms with Gasteiger partial charge in [0.15, 0.2) is 5.82 Å². The van der Waals surface area contributed by atoms with Gasteiger partial charge in [-0.3, -0.25) is 4.79 Å². The van der Waals surface area contributed by atoms with Crippen LogP contribution in [0.15, 0.2) is 72.8 Å². The van der Waals surface area contributed by atoms with E-state index in [1.807, 2.05) is 93.6 Å². The summed E-state index contributed by atoms with van der Waals surface area (Å²) in [6, 6.07) is 23.3. The monoisotopic (exact) mass is 456 g/mol. The quantitative estimate of drug-likeness (QED) is 0.350. The van der Waals surface area contributed by atoms with Gasteiger partial charge in [0, 0.05) is 23.4 Å². The van der Waals surface area contributed by atoms with Gasteiger partial charge in [-0.15, -0.1) is 5.10 Å². The van der Waals surface area contributed by atoms with Crippen molar-refractivity contribution in [3.8, 4) is 23.1 Å². The van der Waals surface area contributed by atoms with Gasteiger partial charge in [0.25, 0.3) is 5.91 Å². The van der Waals surface area contributed by atoms with Gasteiger partial charge in [-0.05, 0) is 51.1 Å². The molecule has 3 aromatic carbocycles. The Balaban J connectivity index is 1.62. The van der Waals surface area contributed by atoms with Crippen molar-refractivity contribution in [1.29, 1.82) is 0 Å². The lowest BCUT2D eigenvalue weighted by Crippen LogP contribution is -2.12. The molecule has 0 unspecified atom stereocenters. The van der Waals surface area contributed by atoms with Crippen molar-refractivity contribution in [3.63, 3.8) is 0 Å². The third-order valence-corrected chi connectivity index (χ3v) is 5.22. The normalized spacial score (nSPS) is 10.8. The van der Waals surface area contributed by atoms with Crippen LogP contribution >= 0.6 is 0 Å². The van der Waals surface area contributed by atoms with Gasteiger partial charge in [0.1, 0.15) is 6.61 Å². The summed E-state index contributed by atoms with van der Waals surface area (Å²) in [4.78, 5) is 17.3. The summed E-state index contributed by atoms with van der Waals surface area (Å²) >= 11 is 0. The van der Waals surface area contributed by atoms with E-state index in [9.17, 15) is 4.79 Å². The van der Waals surface area contributed by atoms with Crippen LogP contribution in [0.2, 0.25) is 0 Å². The van der Waals surface area contributed by atoms with Crippen LogP contribution in [0.1, 0.15) is 28.4 Å². The number of aromatic nitrogens is 3. The maximum absolute atomic E-state index is 12.7. The largest absolute Gasteiger partial charge is 0.460 e. The molecule has 34 heavy (non-hydrogen) atoms. The Bertz CT molecular complexity index is 1250. The molecule has 1 amide bonds. The van der Waals surface area contributed by atoms with Crippen molar-refractivity contribution in [1.82, 2.24) is 14.8 Å². The molecule has 0 radical (unpaired) electrons. The predicted octanol–water partition coefficient (Wildman–Crippen LogP) is 5.22. The predicted molar refractivity (Wildman–Crippen MR) is 133 cm³/mol. The summed E-state index contributed by atoms with van der Waals surface area (Å²) in [7, 11) is 0. The van der Waals surface area contributed by atoms with Gasteiger partial charge in [-0.2, -0.15) is 4.98 Å². The first kappa shape index (κ1) is 23.2. The number of hydrogen-bond donors (Lipinski definition) is 1. The second-order valence-corrected chi connectivity index (χ2v) is 7.91. The van der Waals surface area contributed by atoms with Crippen LogP contribution in [0.25, 0.3) is 17.1 Å². The number of aryl methyl sites for hydroxylation is 2. The molecular formula is C27H28N4O3. The lowest BCUT2D eigenvalue weighted by molar-refractivity contribution is 0.102. The Morgan fingerprint density at radius 1 is 0.941 bits per heavy atom. The average molecular weight is 457 g/mol. The van der Waals surface area contributed by atoms with Crippen LogP contribution in [0, 0.1) is 13.8 Å². The number of carbonyl (C=O) groups excluding carboxylic acids is 1. The van der Waals surface area contributed by atoms with Crippen molar-refractivity contribution < 1.29 is 14.3 Å². The van der Waals surface area contributed by atoms with Crippen molar-refractivity contribution in [3.05, 3.63) is 89.5 Å². The van der Waals surface area contributed by atoms with Gasteiger partial charge in [0.2, 0.25) is 0 Å². The third kappa shape index (κ3) is 5.68. The molecule has 0 atom stereocenters. The number of amides is 1. The molecule has 0 spiro atoms. The number of nitrogens with zero attached hydrogens (tertiary/aromatic N) is 3. The van der Waals surface area contributed by atoms with Gasteiger partial charge in [-0.25, -0.2) is 4.68 Å². The first-order valence-electron chi connectivity index (χ1n) is 11.3. The lowest BCUT2D eigenvalue weighted by atomic mass is 10.1. The smallest absolute Gasteiger partial charge is 0.336 e. The van der Waals surface area contributed by atoms with E-state index < -0.39 is 0 Å². The van der Waals surface area contributed by atoms with Crippen molar-refractivity contribution in [2.45, 2.75) is 20.8 Å². The summed E-state index contributed by atoms with van der Waals surface area (Å²) in [5.74, 6) is 0.475. The standard InChI is InChI=1S/C27H28N4O3/c1-4-33-16-17-34-27-29-25(21-12-8-19(2)9-13-21)31(30-27)24-7-5-6-23(18-24)28-26(32)22-14-10-20(3)11-15-22/h5-15,18H,4,16-17H2,1-3H3,(H,28,32). The van der Waals surface area contributed by atoms with E-state index in [0.29, 0.717) is 36.9 Å². The van der Waals surface area contributed by atoms with E-state index in [2.05, 4.69) is 15.4 Å². The fourth-order valence-electron chi connectivity index (χ4n) is 3.38. The molecule has 0 aliphatic heterocycles. The second-order valence-electron chi connectivity index (χ2n) is 7.91. The highest BCUT2D eigenvalue weighted by atomic mass is 16.5. The zero-order valence-corrected chi connectivity index (χ0v) is 19.6. The number of rotatable bonds is 9. The van der Waals surface area contributed by atoms with Gasteiger partial charge < -0.3 is 14.8 Å². The maximum atomic E-state index is 12.7. The molecule has 0 bridgehead atoms. The van der Waals surface area contributed by atoms with E-state index >= 15 is 0 Å². The maximum Gasteiger partial charge on any atom is 0.336 e. The molecule has 4 rings (SSSR count). The average Bonchev–Trinajstić information content (AvgIpc) is 3.27. The Morgan fingerprint density at radius 3 is 2.35 bits per heavy atom. The van der Waals surface area contributed by atoms with Crippen molar-refractivity contribution in [2.24, 2.45) is 0 Å². The third-order valence-electron chi connectivity index (χ3n) is 5.22. The molecule has 1 heterocycles. The minimum Gasteiger partial charge on any atom is -0.460 e. The first-order valence-corrected chi connectivity index (χ1v) is 11.3. The molecule has 0 saturated carbocycles. The number of anilines is 1. The Hall–Kier alpha value is -3.97. The van der Waals surface area contributed by atoms with Gasteiger partial charge >= 0.3 is 6.01 Å². The lowest BCUT2D eigenvalue weighted by Gasteiger charge is -2.10. The van der Waals surface area contributed by atoms with E-state index in [1.54, 1.807) is 4.68 Å². The fraction of sp³-hybridized carbons (Fsp3) is 0.222. The number of nitrogens with one attached hydrogen (secondary N) is 1. The highest BCUT2D eigenvalue weighted by molar-refractivity contribution is 6.04. The van der Waals surface area contributed by atoms with E-state index in [-0.39, 0.29) is 11.9 Å². The Labute approximate surface area is 199 Å². The molecule has 0 aliphatic rings. The van der Waals surface area contributed by atoms with Crippen LogP contribution in [0.3, 0.4) is 0 Å². The van der Waals surface area contributed by atoms with Crippen LogP contribution in [0.5, 0.6) is 6.01 Å². The van der Waals surface area contributed by atoms with E-state index in [4.69, 9.17) is 9.47 Å². The SMILES string of the molecule is CCOCCOc1nc(-c2ccc(C)cc2)n(-c2cccc(NC(=O)c3ccc(C)cc3)c2)n1. The molecule has 1 aromatic heterocycles. The Kier molecular flexibility index (Phi) is 7.34. The second kappa shape index (κ2) is 10.8. The number of ether oxygens (including phenoxy) is 2. The molecular weight excluding hydrogens is 428 g/mol. The van der Waals surface area contributed by atoms with Gasteiger partial charge in [-0.1, -0.05) is 53.6 Å². The summed E-state index contributed by atoms with van der Waals surface area (Å²) < 4.78 is 12.8. The minimum atomic E-state index is -0.172. The number of carbonyl (C=O) groups is 1. The van der Waals surface area contributed by atoms with Crippen LogP contribution in [-0.2, 0) is 4.74 Å². The van der Waals surface area contributed by atoms with Crippen LogP contribution < -0.4 is 10.1 Å². The number of hydrogen-bond acceptors (Lipinski definition) is 5. The highest BCUT2D eigenvalue weighted by Gasteiger charge is 2.16. The summed E-state index contributed by atoms with van der Waals surface area (Å²) in [6.07, 6.45) is 0. The van der Waals surface area contributed by atoms with E-state index in [1.165, 1.54) is 0 Å². The topological polar surface area (TPSA) is 78.3 Å². The zero-order valence-electron chi connectivity index (χ0n) is 19.6. The molecule has 4 aromatic rings. The summed E-state index contributed by atoms with van der Waals surface area (Å²) in [6.45, 7) is 7.41. The Morgan fingerprint density at radius 2 is 1.65 bits per heavy atom. The van der Waals surface area contributed by atoms with Crippen LogP contribution in [0.4, 0.5) is 5.69 Å².